The van der Waals surface area contributed by atoms with Crippen LogP contribution in [-0.2, 0) is 4.79 Å². The van der Waals surface area contributed by atoms with E-state index in [9.17, 15) is 9.59 Å². The first-order chi connectivity index (χ1) is 15.0. The smallest absolute Gasteiger partial charge is 0.271 e. The Morgan fingerprint density at radius 3 is 2.26 bits per heavy atom. The van der Waals surface area contributed by atoms with Crippen LogP contribution in [0.25, 0.3) is 0 Å². The highest BCUT2D eigenvalue weighted by Gasteiger charge is 2.18. The monoisotopic (exact) mass is 425 g/mol. The lowest BCUT2D eigenvalue weighted by Gasteiger charge is -2.15. The molecule has 1 saturated heterocycles. The van der Waals surface area contributed by atoms with Crippen LogP contribution >= 0.6 is 0 Å². The number of ether oxygens (including phenoxy) is 3. The van der Waals surface area contributed by atoms with Crippen LogP contribution in [0.4, 0.5) is 0 Å². The van der Waals surface area contributed by atoms with Crippen LogP contribution in [0.1, 0.15) is 35.7 Å². The topological polar surface area (TPSA) is 89.5 Å². The van der Waals surface area contributed by atoms with E-state index >= 15 is 0 Å². The van der Waals surface area contributed by atoms with E-state index in [2.05, 4.69) is 10.5 Å². The van der Waals surface area contributed by atoms with E-state index in [1.54, 1.807) is 37.3 Å². The lowest BCUT2D eigenvalue weighted by molar-refractivity contribution is -0.132. The molecular weight excluding hydrogens is 398 g/mol. The highest BCUT2D eigenvalue weighted by Crippen LogP contribution is 2.27. The zero-order valence-electron chi connectivity index (χ0n) is 18.0. The third kappa shape index (κ3) is 5.75. The van der Waals surface area contributed by atoms with Crippen molar-refractivity contribution in [3.05, 3.63) is 53.6 Å². The van der Waals surface area contributed by atoms with Gasteiger partial charge in [-0.3, -0.25) is 9.59 Å². The number of nitrogens with zero attached hydrogens (tertiary/aromatic N) is 2. The molecule has 31 heavy (non-hydrogen) atoms. The Balaban J connectivity index is 1.56. The molecule has 2 aromatic carbocycles. The molecule has 1 heterocycles. The van der Waals surface area contributed by atoms with E-state index in [-0.39, 0.29) is 18.4 Å². The summed E-state index contributed by atoms with van der Waals surface area (Å²) in [5.74, 6) is 1.27. The first kappa shape index (κ1) is 22.1. The fraction of sp³-hybridized carbons (Fsp3) is 0.348. The van der Waals surface area contributed by atoms with Gasteiger partial charge in [-0.05, 0) is 67.8 Å². The van der Waals surface area contributed by atoms with Crippen molar-refractivity contribution < 1.29 is 23.8 Å². The number of hydrogen-bond donors (Lipinski definition) is 1. The zero-order valence-corrected chi connectivity index (χ0v) is 18.0. The summed E-state index contributed by atoms with van der Waals surface area (Å²) in [4.78, 5) is 26.3. The average Bonchev–Trinajstić information content (AvgIpc) is 3.35. The number of nitrogens with one attached hydrogen (secondary N) is 1. The number of carbonyl (C=O) groups excluding carboxylic acids is 2. The maximum Gasteiger partial charge on any atom is 0.271 e. The molecule has 0 saturated carbocycles. The van der Waals surface area contributed by atoms with Gasteiger partial charge in [0.15, 0.2) is 18.1 Å². The van der Waals surface area contributed by atoms with Crippen molar-refractivity contribution in [1.29, 1.82) is 0 Å². The minimum Gasteiger partial charge on any atom is -0.493 e. The lowest BCUT2D eigenvalue weighted by Crippen LogP contribution is -2.32. The van der Waals surface area contributed by atoms with Crippen molar-refractivity contribution in [2.45, 2.75) is 19.8 Å². The van der Waals surface area contributed by atoms with Gasteiger partial charge in [-0.1, -0.05) is 0 Å². The predicted octanol–water partition coefficient (Wildman–Crippen LogP) is 2.86. The largest absolute Gasteiger partial charge is 0.493 e. The van der Waals surface area contributed by atoms with Crippen molar-refractivity contribution in [1.82, 2.24) is 10.3 Å². The second-order valence-corrected chi connectivity index (χ2v) is 7.11. The number of carbonyl (C=O) groups is 2. The van der Waals surface area contributed by atoms with Gasteiger partial charge in [-0.2, -0.15) is 5.10 Å². The first-order valence-corrected chi connectivity index (χ1v) is 10.1. The summed E-state index contributed by atoms with van der Waals surface area (Å²) in [6.45, 7) is 3.45. The van der Waals surface area contributed by atoms with Crippen LogP contribution in [-0.4, -0.2) is 56.3 Å². The minimum absolute atomic E-state index is 0.0113. The Hall–Kier alpha value is -3.55. The normalized spacial score (nSPS) is 13.6. The summed E-state index contributed by atoms with van der Waals surface area (Å²) in [7, 11) is 3.05. The van der Waals surface area contributed by atoms with Crippen LogP contribution in [0.2, 0.25) is 0 Å². The Morgan fingerprint density at radius 2 is 1.61 bits per heavy atom. The lowest BCUT2D eigenvalue weighted by atomic mass is 10.1. The maximum absolute atomic E-state index is 12.4. The second-order valence-electron chi connectivity index (χ2n) is 7.11. The molecule has 8 heteroatoms. The van der Waals surface area contributed by atoms with Gasteiger partial charge in [0.2, 0.25) is 0 Å². The van der Waals surface area contributed by atoms with Crippen LogP contribution < -0.4 is 19.6 Å². The molecule has 1 fully saturated rings. The molecule has 0 spiro atoms. The molecule has 2 amide bonds. The summed E-state index contributed by atoms with van der Waals surface area (Å²) in [5.41, 5.74) is 4.40. The molecule has 8 nitrogen and oxygen atoms in total. The highest BCUT2D eigenvalue weighted by atomic mass is 16.5. The second kappa shape index (κ2) is 10.5. The van der Waals surface area contributed by atoms with E-state index in [4.69, 9.17) is 14.2 Å². The van der Waals surface area contributed by atoms with Gasteiger partial charge < -0.3 is 19.1 Å². The van der Waals surface area contributed by atoms with Crippen molar-refractivity contribution in [3.63, 3.8) is 0 Å². The molecule has 0 radical (unpaired) electrons. The fourth-order valence-electron chi connectivity index (χ4n) is 3.24. The molecule has 0 aromatic heterocycles. The number of rotatable bonds is 8. The Kier molecular flexibility index (Phi) is 7.48. The van der Waals surface area contributed by atoms with E-state index in [1.165, 1.54) is 14.2 Å². The number of hydrazone groups is 1. The van der Waals surface area contributed by atoms with Gasteiger partial charge in [-0.15, -0.1) is 0 Å². The Morgan fingerprint density at radius 1 is 0.968 bits per heavy atom. The molecule has 1 aliphatic rings. The predicted molar refractivity (Wildman–Crippen MR) is 117 cm³/mol. The molecule has 1 aliphatic heterocycles. The van der Waals surface area contributed by atoms with Gasteiger partial charge in [-0.25, -0.2) is 5.43 Å². The first-order valence-electron chi connectivity index (χ1n) is 10.1. The van der Waals surface area contributed by atoms with E-state index in [0.717, 1.165) is 31.5 Å². The van der Waals surface area contributed by atoms with Gasteiger partial charge in [0.25, 0.3) is 11.8 Å². The fourth-order valence-corrected chi connectivity index (χ4v) is 3.24. The number of hydrogen-bond acceptors (Lipinski definition) is 6. The zero-order chi connectivity index (χ0) is 22.2. The number of amides is 2. The van der Waals surface area contributed by atoms with Gasteiger partial charge in [0, 0.05) is 18.7 Å². The summed E-state index contributed by atoms with van der Waals surface area (Å²) >= 11 is 0. The average molecular weight is 425 g/mol. The number of methoxy groups -OCH3 is 2. The SMILES string of the molecule is COc1ccc(C(=O)N/N=C(/C)c2ccc(OCC(=O)N3CCCC3)cc2)cc1OC. The highest BCUT2D eigenvalue weighted by molar-refractivity contribution is 6.01. The summed E-state index contributed by atoms with van der Waals surface area (Å²) in [6.07, 6.45) is 2.11. The third-order valence-corrected chi connectivity index (χ3v) is 5.06. The van der Waals surface area contributed by atoms with Crippen LogP contribution in [0.15, 0.2) is 47.6 Å². The minimum atomic E-state index is -0.360. The molecule has 2 aromatic rings. The Bertz CT molecular complexity index is 950. The molecule has 0 unspecified atom stereocenters. The van der Waals surface area contributed by atoms with Crippen LogP contribution in [0.5, 0.6) is 17.2 Å². The van der Waals surface area contributed by atoms with Crippen molar-refractivity contribution in [2.24, 2.45) is 5.10 Å². The van der Waals surface area contributed by atoms with Crippen molar-refractivity contribution >= 4 is 17.5 Å². The van der Waals surface area contributed by atoms with Crippen LogP contribution in [0.3, 0.4) is 0 Å². The summed E-state index contributed by atoms with van der Waals surface area (Å²) < 4.78 is 16.0. The van der Waals surface area contributed by atoms with E-state index in [0.29, 0.717) is 28.5 Å². The molecule has 164 valence electrons. The standard InChI is InChI=1S/C23H27N3O5/c1-16(24-25-23(28)18-8-11-20(29-2)21(14-18)30-3)17-6-9-19(10-7-17)31-15-22(27)26-12-4-5-13-26/h6-11,14H,4-5,12-13,15H2,1-3H3,(H,25,28)/b24-16-. The van der Waals surface area contributed by atoms with Gasteiger partial charge >= 0.3 is 0 Å². The van der Waals surface area contributed by atoms with Crippen molar-refractivity contribution in [2.75, 3.05) is 33.9 Å². The number of benzene rings is 2. The van der Waals surface area contributed by atoms with Gasteiger partial charge in [0.05, 0.1) is 19.9 Å². The Labute approximate surface area is 181 Å². The van der Waals surface area contributed by atoms with Crippen molar-refractivity contribution in [3.8, 4) is 17.2 Å². The van der Waals surface area contributed by atoms with Gasteiger partial charge in [0.1, 0.15) is 5.75 Å². The summed E-state index contributed by atoms with van der Waals surface area (Å²) in [6, 6.07) is 12.1. The molecule has 0 bridgehead atoms. The molecule has 1 N–H and O–H groups in total. The summed E-state index contributed by atoms with van der Waals surface area (Å²) in [5, 5.41) is 4.17. The van der Waals surface area contributed by atoms with Crippen LogP contribution in [0, 0.1) is 0 Å². The van der Waals surface area contributed by atoms with E-state index in [1.807, 2.05) is 17.0 Å². The maximum atomic E-state index is 12.4. The third-order valence-electron chi connectivity index (χ3n) is 5.06. The molecule has 0 aliphatic carbocycles. The molecular formula is C23H27N3O5. The molecule has 3 rings (SSSR count). The number of likely N-dealkylation sites (tertiary alicyclic amines) is 1. The van der Waals surface area contributed by atoms with E-state index < -0.39 is 0 Å². The molecule has 0 atom stereocenters. The quantitative estimate of drug-likeness (QED) is 0.519.